The topological polar surface area (TPSA) is 75.2 Å². The van der Waals surface area contributed by atoms with E-state index in [4.69, 9.17) is 14.0 Å². The molecule has 0 saturated heterocycles. The second kappa shape index (κ2) is 6.82. The standard InChI is InChI=1S/C19H22N4O3/c1-12(2)19-21-17(22-26-19)10-23-7-6-20-18(23)13(3)8-14-4-5-15-16(9-14)25-11-24-15/h4-7,9,12-13H,8,10-11H2,1-3H3. The summed E-state index contributed by atoms with van der Waals surface area (Å²) in [5.41, 5.74) is 1.19. The monoisotopic (exact) mass is 354 g/mol. The maximum Gasteiger partial charge on any atom is 0.231 e. The minimum Gasteiger partial charge on any atom is -0.454 e. The molecule has 3 heterocycles. The lowest BCUT2D eigenvalue weighted by Gasteiger charge is -2.13. The van der Waals surface area contributed by atoms with E-state index < -0.39 is 0 Å². The Kier molecular flexibility index (Phi) is 4.36. The summed E-state index contributed by atoms with van der Waals surface area (Å²) in [5, 5.41) is 4.07. The fourth-order valence-corrected chi connectivity index (χ4v) is 3.12. The number of fused-ring (bicyclic) bond motifs is 1. The van der Waals surface area contributed by atoms with Crippen molar-refractivity contribution in [2.45, 2.75) is 45.6 Å². The van der Waals surface area contributed by atoms with Gasteiger partial charge in [-0.05, 0) is 24.1 Å². The zero-order valence-electron chi connectivity index (χ0n) is 15.2. The first-order valence-electron chi connectivity index (χ1n) is 8.82. The maximum atomic E-state index is 5.47. The van der Waals surface area contributed by atoms with Gasteiger partial charge in [0.2, 0.25) is 12.7 Å². The Labute approximate surface area is 152 Å². The molecule has 0 bridgehead atoms. The maximum absolute atomic E-state index is 5.47. The van der Waals surface area contributed by atoms with Crippen molar-refractivity contribution in [1.82, 2.24) is 19.7 Å². The van der Waals surface area contributed by atoms with Crippen LogP contribution in [0.2, 0.25) is 0 Å². The zero-order chi connectivity index (χ0) is 18.1. The third-order valence-electron chi connectivity index (χ3n) is 4.46. The lowest BCUT2D eigenvalue weighted by atomic mass is 10.00. The van der Waals surface area contributed by atoms with E-state index in [9.17, 15) is 0 Å². The smallest absolute Gasteiger partial charge is 0.231 e. The molecular weight excluding hydrogens is 332 g/mol. The van der Waals surface area contributed by atoms with E-state index in [1.54, 1.807) is 0 Å². The molecule has 0 N–H and O–H groups in total. The number of ether oxygens (including phenoxy) is 2. The molecule has 7 heteroatoms. The molecule has 0 amide bonds. The molecule has 4 rings (SSSR count). The Morgan fingerprint density at radius 2 is 2.00 bits per heavy atom. The van der Waals surface area contributed by atoms with Gasteiger partial charge >= 0.3 is 0 Å². The molecule has 1 aliphatic rings. The second-order valence-electron chi connectivity index (χ2n) is 6.91. The van der Waals surface area contributed by atoms with Gasteiger partial charge in [-0.1, -0.05) is 32.0 Å². The van der Waals surface area contributed by atoms with Gasteiger partial charge in [-0.3, -0.25) is 0 Å². The van der Waals surface area contributed by atoms with Crippen molar-refractivity contribution in [3.05, 3.63) is 53.7 Å². The van der Waals surface area contributed by atoms with Crippen LogP contribution in [-0.4, -0.2) is 26.5 Å². The summed E-state index contributed by atoms with van der Waals surface area (Å²) in [6.45, 7) is 7.08. The number of hydrogen-bond acceptors (Lipinski definition) is 6. The number of aromatic nitrogens is 4. The van der Waals surface area contributed by atoms with E-state index in [1.807, 2.05) is 38.4 Å². The Hall–Kier alpha value is -2.83. The van der Waals surface area contributed by atoms with Crippen LogP contribution in [0.25, 0.3) is 0 Å². The number of benzene rings is 1. The van der Waals surface area contributed by atoms with Crippen LogP contribution in [0.4, 0.5) is 0 Å². The summed E-state index contributed by atoms with van der Waals surface area (Å²) >= 11 is 0. The Balaban J connectivity index is 1.48. The van der Waals surface area contributed by atoms with Crippen molar-refractivity contribution in [2.24, 2.45) is 0 Å². The van der Waals surface area contributed by atoms with Crippen molar-refractivity contribution >= 4 is 0 Å². The van der Waals surface area contributed by atoms with Crippen LogP contribution >= 0.6 is 0 Å². The number of hydrogen-bond donors (Lipinski definition) is 0. The highest BCUT2D eigenvalue weighted by molar-refractivity contribution is 5.44. The minimum atomic E-state index is 0.225. The molecule has 7 nitrogen and oxygen atoms in total. The highest BCUT2D eigenvalue weighted by Crippen LogP contribution is 2.33. The normalized spacial score (nSPS) is 14.2. The summed E-state index contributed by atoms with van der Waals surface area (Å²) in [5.74, 6) is 4.41. The molecule has 26 heavy (non-hydrogen) atoms. The SMILES string of the molecule is CC(C)c1nc(Cn2ccnc2C(C)Cc2ccc3c(c2)OCO3)no1. The Morgan fingerprint density at radius 3 is 2.81 bits per heavy atom. The van der Waals surface area contributed by atoms with Crippen LogP contribution in [0.3, 0.4) is 0 Å². The van der Waals surface area contributed by atoms with Gasteiger partial charge < -0.3 is 18.6 Å². The predicted molar refractivity (Wildman–Crippen MR) is 94.4 cm³/mol. The number of nitrogens with zero attached hydrogens (tertiary/aromatic N) is 4. The average molecular weight is 354 g/mol. The van der Waals surface area contributed by atoms with Gasteiger partial charge in [0.05, 0.1) is 6.54 Å². The van der Waals surface area contributed by atoms with Gasteiger partial charge in [0, 0.05) is 24.2 Å². The largest absolute Gasteiger partial charge is 0.454 e. The van der Waals surface area contributed by atoms with E-state index in [-0.39, 0.29) is 11.8 Å². The van der Waals surface area contributed by atoms with Crippen LogP contribution in [0.5, 0.6) is 11.5 Å². The summed E-state index contributed by atoms with van der Waals surface area (Å²) in [6.07, 6.45) is 4.63. The third-order valence-corrected chi connectivity index (χ3v) is 4.46. The molecule has 1 atom stereocenters. The van der Waals surface area contributed by atoms with Crippen molar-refractivity contribution in [1.29, 1.82) is 0 Å². The van der Waals surface area contributed by atoms with E-state index in [0.717, 1.165) is 23.7 Å². The summed E-state index contributed by atoms with van der Waals surface area (Å²) in [6, 6.07) is 6.08. The minimum absolute atomic E-state index is 0.225. The first-order valence-corrected chi connectivity index (χ1v) is 8.82. The lowest BCUT2D eigenvalue weighted by Crippen LogP contribution is -2.10. The first-order chi connectivity index (χ1) is 12.6. The second-order valence-corrected chi connectivity index (χ2v) is 6.91. The summed E-state index contributed by atoms with van der Waals surface area (Å²) in [4.78, 5) is 9.00. The van der Waals surface area contributed by atoms with Gasteiger partial charge in [0.1, 0.15) is 5.82 Å². The fourth-order valence-electron chi connectivity index (χ4n) is 3.12. The quantitative estimate of drug-likeness (QED) is 0.674. The number of rotatable bonds is 6. The Morgan fingerprint density at radius 1 is 1.15 bits per heavy atom. The van der Waals surface area contributed by atoms with E-state index in [1.165, 1.54) is 5.56 Å². The van der Waals surface area contributed by atoms with E-state index in [2.05, 4.69) is 32.7 Å². The third kappa shape index (κ3) is 3.29. The number of imidazole rings is 1. The van der Waals surface area contributed by atoms with Gasteiger partial charge in [-0.2, -0.15) is 4.98 Å². The summed E-state index contributed by atoms with van der Waals surface area (Å²) in [7, 11) is 0. The predicted octanol–water partition coefficient (Wildman–Crippen LogP) is 3.51. The average Bonchev–Trinajstić information content (AvgIpc) is 3.34. The molecule has 0 spiro atoms. The van der Waals surface area contributed by atoms with Crippen molar-refractivity contribution < 1.29 is 14.0 Å². The highest BCUT2D eigenvalue weighted by atomic mass is 16.7. The van der Waals surface area contributed by atoms with E-state index in [0.29, 0.717) is 25.1 Å². The van der Waals surface area contributed by atoms with Crippen LogP contribution in [0, 0.1) is 0 Å². The molecular formula is C19H22N4O3. The molecule has 2 aromatic heterocycles. The molecule has 0 saturated carbocycles. The van der Waals surface area contributed by atoms with E-state index >= 15 is 0 Å². The molecule has 3 aromatic rings. The van der Waals surface area contributed by atoms with Crippen LogP contribution in [-0.2, 0) is 13.0 Å². The molecule has 0 fully saturated rings. The van der Waals surface area contributed by atoms with Gasteiger partial charge in [-0.25, -0.2) is 4.98 Å². The van der Waals surface area contributed by atoms with Crippen LogP contribution in [0.15, 0.2) is 35.1 Å². The molecule has 1 aliphatic heterocycles. The molecule has 0 radical (unpaired) electrons. The first kappa shape index (κ1) is 16.6. The molecule has 136 valence electrons. The summed E-state index contributed by atoms with van der Waals surface area (Å²) < 4.78 is 18.2. The van der Waals surface area contributed by atoms with Crippen LogP contribution < -0.4 is 9.47 Å². The molecule has 1 unspecified atom stereocenters. The lowest BCUT2D eigenvalue weighted by molar-refractivity contribution is 0.174. The van der Waals surface area contributed by atoms with Crippen molar-refractivity contribution in [2.75, 3.05) is 6.79 Å². The molecule has 1 aromatic carbocycles. The Bertz CT molecular complexity index is 900. The van der Waals surface area contributed by atoms with Crippen molar-refractivity contribution in [3.8, 4) is 11.5 Å². The van der Waals surface area contributed by atoms with Crippen molar-refractivity contribution in [3.63, 3.8) is 0 Å². The van der Waals surface area contributed by atoms with Crippen LogP contribution in [0.1, 0.15) is 55.7 Å². The highest BCUT2D eigenvalue weighted by Gasteiger charge is 2.18. The molecule has 0 aliphatic carbocycles. The van der Waals surface area contributed by atoms with Gasteiger partial charge in [0.25, 0.3) is 0 Å². The zero-order valence-corrected chi connectivity index (χ0v) is 15.2. The van der Waals surface area contributed by atoms with Gasteiger partial charge in [-0.15, -0.1) is 0 Å². The fraction of sp³-hybridized carbons (Fsp3) is 0.421. The van der Waals surface area contributed by atoms with Gasteiger partial charge in [0.15, 0.2) is 17.3 Å².